The van der Waals surface area contributed by atoms with Gasteiger partial charge in [0.05, 0.1) is 36.3 Å². The summed E-state index contributed by atoms with van der Waals surface area (Å²) in [5, 5.41) is 10.7. The summed E-state index contributed by atoms with van der Waals surface area (Å²) in [4.78, 5) is 39.4. The quantitative estimate of drug-likeness (QED) is 0.255. The molecule has 5 aliphatic carbocycles. The van der Waals surface area contributed by atoms with Gasteiger partial charge in [0.15, 0.2) is 0 Å². The molecule has 0 bridgehead atoms. The van der Waals surface area contributed by atoms with Crippen LogP contribution in [0.4, 0.5) is 13.2 Å². The first-order valence-electron chi connectivity index (χ1n) is 17.6. The van der Waals surface area contributed by atoms with Crippen LogP contribution in [0.5, 0.6) is 0 Å². The first-order valence-corrected chi connectivity index (χ1v) is 17.6. The standard InChI is InChI=1S/C39H51F3O6/c1-20-12-15-38(33(45)46)17-16-36(6)24(29(38)21(20)2)10-11-27-35(5)19-23-25(39(40,41)42)18-22(31(43)47-8)28(32(44)48-9)30(23)34(3,4)26(35)13-14-37(27,36)7/h10,18,20-21,26-27,29H,11-17,19H2,1-9H3,(H,45,46)/t20-,21+,26+,27-,29+,35+,36-,37-,38+/m1/s1. The molecule has 9 heteroatoms. The van der Waals surface area contributed by atoms with Crippen molar-refractivity contribution in [3.8, 4) is 0 Å². The number of carboxylic acid groups (broad SMARTS) is 1. The molecular weight excluding hydrogens is 621 g/mol. The third-order valence-electron chi connectivity index (χ3n) is 15.3. The van der Waals surface area contributed by atoms with Gasteiger partial charge in [-0.3, -0.25) is 4.79 Å². The zero-order valence-electron chi connectivity index (χ0n) is 29.8. The predicted octanol–water partition coefficient (Wildman–Crippen LogP) is 9.03. The number of carbonyl (C=O) groups excluding carboxylic acids is 2. The summed E-state index contributed by atoms with van der Waals surface area (Å²) in [5.74, 6) is -2.10. The molecule has 6 rings (SSSR count). The van der Waals surface area contributed by atoms with Crippen molar-refractivity contribution >= 4 is 17.9 Å². The summed E-state index contributed by atoms with van der Waals surface area (Å²) in [6.07, 6.45) is 2.77. The first-order chi connectivity index (χ1) is 22.2. The lowest BCUT2D eigenvalue weighted by Gasteiger charge is -2.71. The van der Waals surface area contributed by atoms with Crippen LogP contribution in [-0.2, 0) is 32.3 Å². The van der Waals surface area contributed by atoms with Gasteiger partial charge in [0, 0.05) is 0 Å². The fourth-order valence-corrected chi connectivity index (χ4v) is 12.7. The lowest BCUT2D eigenvalue weighted by Crippen LogP contribution is -2.65. The maximum atomic E-state index is 15.0. The fourth-order valence-electron chi connectivity index (χ4n) is 12.7. The van der Waals surface area contributed by atoms with Crippen LogP contribution in [0.2, 0.25) is 0 Å². The Morgan fingerprint density at radius 1 is 0.896 bits per heavy atom. The van der Waals surface area contributed by atoms with Crippen molar-refractivity contribution in [1.82, 2.24) is 0 Å². The van der Waals surface area contributed by atoms with Crippen LogP contribution in [-0.4, -0.2) is 37.2 Å². The second-order valence-corrected chi connectivity index (χ2v) is 17.2. The van der Waals surface area contributed by atoms with Gasteiger partial charge in [-0.05, 0) is 120 Å². The minimum absolute atomic E-state index is 0.0153. The van der Waals surface area contributed by atoms with Crippen LogP contribution in [0, 0.1) is 51.2 Å². The monoisotopic (exact) mass is 672 g/mol. The van der Waals surface area contributed by atoms with Crippen molar-refractivity contribution < 1.29 is 42.1 Å². The molecule has 5 aliphatic rings. The number of carbonyl (C=O) groups is 3. The normalized spacial score (nSPS) is 39.8. The second kappa shape index (κ2) is 10.8. The molecule has 1 N–H and O–H groups in total. The van der Waals surface area contributed by atoms with Gasteiger partial charge >= 0.3 is 24.1 Å². The number of benzene rings is 1. The van der Waals surface area contributed by atoms with E-state index in [4.69, 9.17) is 9.47 Å². The molecule has 0 unspecified atom stereocenters. The zero-order valence-corrected chi connectivity index (χ0v) is 29.8. The van der Waals surface area contributed by atoms with Crippen LogP contribution in [0.15, 0.2) is 17.7 Å². The van der Waals surface area contributed by atoms with Crippen molar-refractivity contribution in [2.45, 2.75) is 111 Å². The summed E-state index contributed by atoms with van der Waals surface area (Å²) >= 11 is 0. The Hall–Kier alpha value is -2.84. The van der Waals surface area contributed by atoms with Crippen LogP contribution >= 0.6 is 0 Å². The van der Waals surface area contributed by atoms with Gasteiger partial charge in [-0.1, -0.05) is 60.1 Å². The van der Waals surface area contributed by atoms with E-state index in [0.717, 1.165) is 38.9 Å². The number of rotatable bonds is 3. The van der Waals surface area contributed by atoms with Crippen LogP contribution in [0.1, 0.15) is 131 Å². The van der Waals surface area contributed by atoms with E-state index in [0.29, 0.717) is 25.2 Å². The number of ether oxygens (including phenoxy) is 2. The number of allylic oxidation sites excluding steroid dienone is 2. The van der Waals surface area contributed by atoms with E-state index in [1.54, 1.807) is 0 Å². The molecule has 0 heterocycles. The van der Waals surface area contributed by atoms with Gasteiger partial charge in [-0.25, -0.2) is 9.59 Å². The number of aliphatic carboxylic acids is 1. The highest BCUT2D eigenvalue weighted by Gasteiger charge is 2.70. The van der Waals surface area contributed by atoms with E-state index in [2.05, 4.69) is 40.7 Å². The van der Waals surface area contributed by atoms with E-state index in [-0.39, 0.29) is 57.6 Å². The average Bonchev–Trinajstić information content (AvgIpc) is 3.00. The predicted molar refractivity (Wildman–Crippen MR) is 174 cm³/mol. The van der Waals surface area contributed by atoms with Crippen molar-refractivity contribution in [3.63, 3.8) is 0 Å². The van der Waals surface area contributed by atoms with Crippen molar-refractivity contribution in [3.05, 3.63) is 45.5 Å². The molecule has 0 spiro atoms. The Kier molecular flexibility index (Phi) is 7.90. The minimum Gasteiger partial charge on any atom is -0.481 e. The molecule has 9 atom stereocenters. The molecule has 0 radical (unpaired) electrons. The molecule has 3 fully saturated rings. The van der Waals surface area contributed by atoms with E-state index < -0.39 is 51.5 Å². The minimum atomic E-state index is -4.78. The molecule has 48 heavy (non-hydrogen) atoms. The topological polar surface area (TPSA) is 89.9 Å². The maximum Gasteiger partial charge on any atom is 0.416 e. The van der Waals surface area contributed by atoms with Gasteiger partial charge in [-0.15, -0.1) is 0 Å². The first kappa shape index (κ1) is 35.0. The number of carboxylic acids is 1. The molecular formula is C39H51F3O6. The highest BCUT2D eigenvalue weighted by atomic mass is 19.4. The number of hydrogen-bond donors (Lipinski definition) is 1. The Morgan fingerprint density at radius 2 is 1.54 bits per heavy atom. The Morgan fingerprint density at radius 3 is 2.12 bits per heavy atom. The number of esters is 2. The maximum absolute atomic E-state index is 15.0. The van der Waals surface area contributed by atoms with Crippen LogP contribution < -0.4 is 0 Å². The van der Waals surface area contributed by atoms with Gasteiger partial charge in [0.1, 0.15) is 0 Å². The molecule has 0 amide bonds. The molecule has 3 saturated carbocycles. The molecule has 1 aromatic rings. The van der Waals surface area contributed by atoms with Crippen molar-refractivity contribution in [2.24, 2.45) is 51.2 Å². The second-order valence-electron chi connectivity index (χ2n) is 17.2. The molecule has 0 saturated heterocycles. The molecule has 0 aromatic heterocycles. The number of hydrogen-bond acceptors (Lipinski definition) is 5. The average molecular weight is 673 g/mol. The van der Waals surface area contributed by atoms with Crippen LogP contribution in [0.3, 0.4) is 0 Å². The van der Waals surface area contributed by atoms with Crippen molar-refractivity contribution in [2.75, 3.05) is 14.2 Å². The van der Waals surface area contributed by atoms with Crippen molar-refractivity contribution in [1.29, 1.82) is 0 Å². The summed E-state index contributed by atoms with van der Waals surface area (Å²) in [6.45, 7) is 15.1. The lowest BCUT2D eigenvalue weighted by atomic mass is 9.33. The van der Waals surface area contributed by atoms with E-state index in [1.807, 2.05) is 13.8 Å². The Labute approximate surface area is 282 Å². The highest BCUT2D eigenvalue weighted by molar-refractivity contribution is 6.05. The smallest absolute Gasteiger partial charge is 0.416 e. The van der Waals surface area contributed by atoms with Crippen LogP contribution in [0.25, 0.3) is 0 Å². The number of methoxy groups -OCH3 is 2. The zero-order chi connectivity index (χ0) is 35.6. The van der Waals surface area contributed by atoms with Gasteiger partial charge in [0.2, 0.25) is 0 Å². The summed E-state index contributed by atoms with van der Waals surface area (Å²) in [7, 11) is 2.26. The summed E-state index contributed by atoms with van der Waals surface area (Å²) < 4.78 is 55.1. The third-order valence-corrected chi connectivity index (χ3v) is 15.3. The Balaban J connectivity index is 1.56. The SMILES string of the molecule is COC(=O)c1cc(C(F)(F)F)c2c(c1C(=O)OC)C(C)(C)[C@@H]1CC[C@]3(C)[C@H](CC=C4[C@@H]5[C@@H](C)[C@H](C)CC[C@]5(C(=O)O)CC[C@]43C)[C@@]1(C)C2. The largest absolute Gasteiger partial charge is 0.481 e. The van der Waals surface area contributed by atoms with Gasteiger partial charge in [-0.2, -0.15) is 13.2 Å². The van der Waals surface area contributed by atoms with Gasteiger partial charge < -0.3 is 14.6 Å². The summed E-state index contributed by atoms with van der Waals surface area (Å²) in [5.41, 5.74) is -2.77. The molecule has 0 aliphatic heterocycles. The molecule has 1 aromatic carbocycles. The molecule has 264 valence electrons. The van der Waals surface area contributed by atoms with E-state index in [9.17, 15) is 19.5 Å². The lowest BCUT2D eigenvalue weighted by molar-refractivity contribution is -0.179. The number of halogens is 3. The fraction of sp³-hybridized carbons (Fsp3) is 0.718. The Bertz CT molecular complexity index is 1610. The van der Waals surface area contributed by atoms with E-state index >= 15 is 13.2 Å². The number of fused-ring (bicyclic) bond motifs is 8. The summed E-state index contributed by atoms with van der Waals surface area (Å²) in [6, 6.07) is 0.789. The number of alkyl halides is 3. The highest BCUT2D eigenvalue weighted by Crippen LogP contribution is 2.75. The third kappa shape index (κ3) is 4.33. The molecule has 6 nitrogen and oxygen atoms in total. The van der Waals surface area contributed by atoms with Gasteiger partial charge in [0.25, 0.3) is 0 Å². The van der Waals surface area contributed by atoms with E-state index in [1.165, 1.54) is 12.7 Å².